The quantitative estimate of drug-likeness (QED) is 0.677. The van der Waals surface area contributed by atoms with E-state index in [1.807, 2.05) is 6.92 Å². The molecule has 0 aliphatic rings. The van der Waals surface area contributed by atoms with Gasteiger partial charge in [0.2, 0.25) is 0 Å². The number of nitrogens with two attached hydrogens (primary N) is 1. The highest BCUT2D eigenvalue weighted by Crippen LogP contribution is 2.30. The summed E-state index contributed by atoms with van der Waals surface area (Å²) in [5.41, 5.74) is 6.12. The molecular formula is C20H23F4NO2. The number of ether oxygens (including phenoxy) is 2. The average Bonchev–Trinajstić information content (AvgIpc) is 2.61. The van der Waals surface area contributed by atoms with Crippen molar-refractivity contribution in [1.82, 2.24) is 0 Å². The molecular weight excluding hydrogens is 362 g/mol. The van der Waals surface area contributed by atoms with Crippen LogP contribution in [-0.4, -0.2) is 19.8 Å². The maximum absolute atomic E-state index is 14.3. The molecule has 0 saturated carbocycles. The van der Waals surface area contributed by atoms with E-state index in [1.165, 1.54) is 18.2 Å². The molecule has 3 nitrogen and oxygen atoms in total. The van der Waals surface area contributed by atoms with Crippen molar-refractivity contribution in [3.63, 3.8) is 0 Å². The summed E-state index contributed by atoms with van der Waals surface area (Å²) in [6.07, 6.45) is -4.06. The zero-order valence-electron chi connectivity index (χ0n) is 15.2. The summed E-state index contributed by atoms with van der Waals surface area (Å²) in [6.45, 7) is 2.33. The van der Waals surface area contributed by atoms with Gasteiger partial charge in [0, 0.05) is 19.2 Å². The summed E-state index contributed by atoms with van der Waals surface area (Å²) < 4.78 is 63.0. The fourth-order valence-electron chi connectivity index (χ4n) is 2.63. The Balaban J connectivity index is 2.00. The van der Waals surface area contributed by atoms with Crippen LogP contribution in [0.15, 0.2) is 42.5 Å². The monoisotopic (exact) mass is 385 g/mol. The molecule has 2 rings (SSSR count). The molecule has 2 aromatic carbocycles. The largest absolute Gasteiger partial charge is 0.489 e. The van der Waals surface area contributed by atoms with Gasteiger partial charge in [-0.15, -0.1) is 0 Å². The van der Waals surface area contributed by atoms with Gasteiger partial charge in [-0.05, 0) is 41.7 Å². The molecule has 0 aromatic heterocycles. The van der Waals surface area contributed by atoms with Gasteiger partial charge in [-0.1, -0.05) is 25.1 Å². The van der Waals surface area contributed by atoms with Gasteiger partial charge in [0.1, 0.15) is 18.2 Å². The van der Waals surface area contributed by atoms with Crippen LogP contribution in [-0.2, 0) is 23.9 Å². The average molecular weight is 385 g/mol. The first-order chi connectivity index (χ1) is 12.7. The summed E-state index contributed by atoms with van der Waals surface area (Å²) >= 11 is 0. The van der Waals surface area contributed by atoms with Gasteiger partial charge in [0.05, 0.1) is 12.2 Å². The Morgan fingerprint density at radius 3 is 2.48 bits per heavy atom. The van der Waals surface area contributed by atoms with Gasteiger partial charge in [0.25, 0.3) is 0 Å². The Kier molecular flexibility index (Phi) is 7.21. The van der Waals surface area contributed by atoms with Crippen molar-refractivity contribution in [3.05, 3.63) is 65.0 Å². The molecule has 0 fully saturated rings. The van der Waals surface area contributed by atoms with Gasteiger partial charge in [-0.3, -0.25) is 0 Å². The number of benzene rings is 2. The topological polar surface area (TPSA) is 44.5 Å². The first kappa shape index (κ1) is 21.2. The van der Waals surface area contributed by atoms with Crippen LogP contribution in [0.1, 0.15) is 23.6 Å². The van der Waals surface area contributed by atoms with Crippen LogP contribution in [0.25, 0.3) is 0 Å². The van der Waals surface area contributed by atoms with E-state index in [1.54, 1.807) is 19.2 Å². The normalized spacial score (nSPS) is 14.0. The number of hydrogen-bond acceptors (Lipinski definition) is 3. The number of rotatable bonds is 8. The van der Waals surface area contributed by atoms with Crippen LogP contribution >= 0.6 is 0 Å². The van der Waals surface area contributed by atoms with E-state index in [-0.39, 0.29) is 24.3 Å². The number of methoxy groups -OCH3 is 1. The predicted molar refractivity (Wildman–Crippen MR) is 94.9 cm³/mol. The second-order valence-corrected chi connectivity index (χ2v) is 6.54. The van der Waals surface area contributed by atoms with Gasteiger partial charge in [0.15, 0.2) is 0 Å². The SMILES string of the molecule is COCC(C)C(N)Cc1ccc(OCc2cccc(C(F)(F)F)c2)cc1F. The third-order valence-corrected chi connectivity index (χ3v) is 4.30. The van der Waals surface area contributed by atoms with E-state index in [0.717, 1.165) is 12.1 Å². The van der Waals surface area contributed by atoms with E-state index in [9.17, 15) is 17.6 Å². The lowest BCUT2D eigenvalue weighted by molar-refractivity contribution is -0.137. The van der Waals surface area contributed by atoms with Crippen LogP contribution < -0.4 is 10.5 Å². The van der Waals surface area contributed by atoms with Crippen molar-refractivity contribution >= 4 is 0 Å². The molecule has 2 N–H and O–H groups in total. The van der Waals surface area contributed by atoms with Crippen molar-refractivity contribution < 1.29 is 27.0 Å². The van der Waals surface area contributed by atoms with Gasteiger partial charge in [-0.2, -0.15) is 13.2 Å². The summed E-state index contributed by atoms with van der Waals surface area (Å²) in [5.74, 6) is -0.144. The van der Waals surface area contributed by atoms with Crippen LogP contribution in [0.2, 0.25) is 0 Å². The number of alkyl halides is 3. The van der Waals surface area contributed by atoms with Crippen LogP contribution in [0.5, 0.6) is 5.75 Å². The number of hydrogen-bond donors (Lipinski definition) is 1. The van der Waals surface area contributed by atoms with Crippen LogP contribution in [0.4, 0.5) is 17.6 Å². The minimum absolute atomic E-state index is 0.0752. The van der Waals surface area contributed by atoms with Gasteiger partial charge in [-0.25, -0.2) is 4.39 Å². The smallest absolute Gasteiger partial charge is 0.416 e. The maximum atomic E-state index is 14.3. The minimum atomic E-state index is -4.41. The van der Waals surface area contributed by atoms with Crippen LogP contribution in [0.3, 0.4) is 0 Å². The molecule has 0 heterocycles. The molecule has 0 radical (unpaired) electrons. The molecule has 148 valence electrons. The highest BCUT2D eigenvalue weighted by atomic mass is 19.4. The molecule has 2 aromatic rings. The lowest BCUT2D eigenvalue weighted by Gasteiger charge is -2.19. The third-order valence-electron chi connectivity index (χ3n) is 4.30. The van der Waals surface area contributed by atoms with Gasteiger partial charge >= 0.3 is 6.18 Å². The first-order valence-corrected chi connectivity index (χ1v) is 8.52. The molecule has 0 bridgehead atoms. The zero-order valence-corrected chi connectivity index (χ0v) is 15.2. The van der Waals surface area contributed by atoms with E-state index < -0.39 is 17.6 Å². The van der Waals surface area contributed by atoms with E-state index >= 15 is 0 Å². The first-order valence-electron chi connectivity index (χ1n) is 8.52. The fourth-order valence-corrected chi connectivity index (χ4v) is 2.63. The van der Waals surface area contributed by atoms with E-state index in [2.05, 4.69) is 0 Å². The summed E-state index contributed by atoms with van der Waals surface area (Å²) in [6, 6.07) is 8.97. The fraction of sp³-hybridized carbons (Fsp3) is 0.400. The summed E-state index contributed by atoms with van der Waals surface area (Å²) in [4.78, 5) is 0. The molecule has 0 saturated heterocycles. The van der Waals surface area contributed by atoms with Crippen molar-refractivity contribution in [2.75, 3.05) is 13.7 Å². The number of halogens is 4. The Labute approximate surface area is 156 Å². The van der Waals surface area contributed by atoms with Gasteiger partial charge < -0.3 is 15.2 Å². The Morgan fingerprint density at radius 2 is 1.85 bits per heavy atom. The van der Waals surface area contributed by atoms with Crippen molar-refractivity contribution in [3.8, 4) is 5.75 Å². The second-order valence-electron chi connectivity index (χ2n) is 6.54. The minimum Gasteiger partial charge on any atom is -0.489 e. The van der Waals surface area contributed by atoms with Crippen LogP contribution in [0, 0.1) is 11.7 Å². The zero-order chi connectivity index (χ0) is 20.0. The molecule has 2 atom stereocenters. The Hall–Kier alpha value is -2.12. The maximum Gasteiger partial charge on any atom is 0.416 e. The van der Waals surface area contributed by atoms with E-state index in [4.69, 9.17) is 15.2 Å². The predicted octanol–water partition coefficient (Wildman–Crippen LogP) is 4.58. The highest BCUT2D eigenvalue weighted by Gasteiger charge is 2.30. The molecule has 0 aliphatic carbocycles. The molecule has 0 amide bonds. The third kappa shape index (κ3) is 6.22. The van der Waals surface area contributed by atoms with Crippen molar-refractivity contribution in [2.45, 2.75) is 32.2 Å². The summed E-state index contributed by atoms with van der Waals surface area (Å²) in [7, 11) is 1.58. The second kappa shape index (κ2) is 9.19. The Morgan fingerprint density at radius 1 is 1.11 bits per heavy atom. The van der Waals surface area contributed by atoms with E-state index in [0.29, 0.717) is 24.2 Å². The molecule has 0 spiro atoms. The Bertz CT molecular complexity index is 749. The van der Waals surface area contributed by atoms with Crippen molar-refractivity contribution in [2.24, 2.45) is 11.7 Å². The standard InChI is InChI=1S/C20H23F4NO2/c1-13(11-26-2)19(25)9-15-6-7-17(10-18(15)21)27-12-14-4-3-5-16(8-14)20(22,23)24/h3-8,10,13,19H,9,11-12,25H2,1-2H3. The molecule has 2 unspecified atom stereocenters. The highest BCUT2D eigenvalue weighted by molar-refractivity contribution is 5.31. The molecule has 7 heteroatoms. The molecule has 0 aliphatic heterocycles. The summed E-state index contributed by atoms with van der Waals surface area (Å²) in [5, 5.41) is 0. The molecule has 27 heavy (non-hydrogen) atoms. The lowest BCUT2D eigenvalue weighted by atomic mass is 9.96. The lowest BCUT2D eigenvalue weighted by Crippen LogP contribution is -2.33. The van der Waals surface area contributed by atoms with Crippen molar-refractivity contribution in [1.29, 1.82) is 0 Å².